The van der Waals surface area contributed by atoms with Crippen LogP contribution < -0.4 is 4.74 Å². The summed E-state index contributed by atoms with van der Waals surface area (Å²) < 4.78 is 18.7. The Balaban J connectivity index is 1.54. The van der Waals surface area contributed by atoms with Crippen molar-refractivity contribution in [3.63, 3.8) is 0 Å². The Kier molecular flexibility index (Phi) is 6.64. The molecule has 5 nitrogen and oxygen atoms in total. The summed E-state index contributed by atoms with van der Waals surface area (Å²) in [5.74, 6) is 0.274. The Labute approximate surface area is 171 Å². The van der Waals surface area contributed by atoms with E-state index in [2.05, 4.69) is 11.8 Å². The van der Waals surface area contributed by atoms with Gasteiger partial charge in [0.15, 0.2) is 12.4 Å². The molecule has 1 saturated heterocycles. The van der Waals surface area contributed by atoms with Gasteiger partial charge in [-0.1, -0.05) is 12.1 Å². The van der Waals surface area contributed by atoms with Crippen LogP contribution in [0.5, 0.6) is 5.75 Å². The quantitative estimate of drug-likeness (QED) is 0.699. The van der Waals surface area contributed by atoms with E-state index in [4.69, 9.17) is 4.74 Å². The van der Waals surface area contributed by atoms with Gasteiger partial charge < -0.3 is 9.64 Å². The molecule has 0 aliphatic carbocycles. The van der Waals surface area contributed by atoms with Gasteiger partial charge in [-0.25, -0.2) is 4.39 Å². The van der Waals surface area contributed by atoms with E-state index in [0.717, 1.165) is 18.7 Å². The second kappa shape index (κ2) is 9.18. The molecule has 29 heavy (non-hydrogen) atoms. The smallest absolute Gasteiger partial charge is 0.260 e. The van der Waals surface area contributed by atoms with Crippen molar-refractivity contribution in [1.82, 2.24) is 9.80 Å². The molecular weight excluding hydrogens is 371 g/mol. The first-order valence-electron chi connectivity index (χ1n) is 9.85. The van der Waals surface area contributed by atoms with Crippen molar-refractivity contribution in [2.24, 2.45) is 0 Å². The summed E-state index contributed by atoms with van der Waals surface area (Å²) in [6, 6.07) is 13.6. The zero-order valence-corrected chi connectivity index (χ0v) is 17.1. The average Bonchev–Trinajstić information content (AvgIpc) is 2.70. The second-order valence-electron chi connectivity index (χ2n) is 7.67. The number of carbonyl (C=O) groups excluding carboxylic acids is 2. The topological polar surface area (TPSA) is 49.9 Å². The van der Waals surface area contributed by atoms with E-state index < -0.39 is 0 Å². The van der Waals surface area contributed by atoms with Crippen LogP contribution in [0.25, 0.3) is 0 Å². The molecular formula is C23H27FN2O3. The van der Waals surface area contributed by atoms with Crippen LogP contribution in [-0.4, -0.2) is 53.3 Å². The summed E-state index contributed by atoms with van der Waals surface area (Å²) in [5, 5.41) is 0. The van der Waals surface area contributed by atoms with Crippen molar-refractivity contribution in [2.75, 3.05) is 19.7 Å². The lowest BCUT2D eigenvalue weighted by Gasteiger charge is -2.44. The van der Waals surface area contributed by atoms with E-state index in [1.165, 1.54) is 19.1 Å². The fourth-order valence-corrected chi connectivity index (χ4v) is 3.60. The molecule has 1 aliphatic rings. The van der Waals surface area contributed by atoms with Gasteiger partial charge in [0.1, 0.15) is 11.6 Å². The zero-order valence-electron chi connectivity index (χ0n) is 17.1. The van der Waals surface area contributed by atoms with Gasteiger partial charge in [0.2, 0.25) is 0 Å². The monoisotopic (exact) mass is 398 g/mol. The minimum absolute atomic E-state index is 0.00560. The summed E-state index contributed by atoms with van der Waals surface area (Å²) >= 11 is 0. The van der Waals surface area contributed by atoms with Crippen LogP contribution in [0.15, 0.2) is 48.5 Å². The molecule has 0 saturated carbocycles. The first-order valence-corrected chi connectivity index (χ1v) is 9.85. The lowest BCUT2D eigenvalue weighted by molar-refractivity contribution is -0.139. The molecule has 1 amide bonds. The van der Waals surface area contributed by atoms with Gasteiger partial charge in [0, 0.05) is 37.3 Å². The summed E-state index contributed by atoms with van der Waals surface area (Å²) in [5.41, 5.74) is 1.67. The van der Waals surface area contributed by atoms with Crippen molar-refractivity contribution in [2.45, 2.75) is 39.4 Å². The van der Waals surface area contributed by atoms with Crippen molar-refractivity contribution in [3.05, 3.63) is 65.5 Å². The third-order valence-electron chi connectivity index (χ3n) is 5.36. The van der Waals surface area contributed by atoms with Crippen LogP contribution in [-0.2, 0) is 11.3 Å². The Morgan fingerprint density at radius 3 is 2.28 bits per heavy atom. The van der Waals surface area contributed by atoms with Gasteiger partial charge in [-0.15, -0.1) is 0 Å². The van der Waals surface area contributed by atoms with Gasteiger partial charge in [0.05, 0.1) is 0 Å². The lowest BCUT2D eigenvalue weighted by Crippen LogP contribution is -2.58. The second-order valence-corrected chi connectivity index (χ2v) is 7.67. The Morgan fingerprint density at radius 1 is 1.00 bits per heavy atom. The molecule has 3 rings (SSSR count). The number of piperazine rings is 1. The molecule has 2 unspecified atom stereocenters. The SMILES string of the molecule is CC(=O)c1ccc(OCC(=O)N2CC(C)N(Cc3ccc(F)cc3)CC2C)cc1. The summed E-state index contributed by atoms with van der Waals surface area (Å²) in [4.78, 5) is 28.2. The van der Waals surface area contributed by atoms with E-state index in [-0.39, 0.29) is 36.2 Å². The standard InChI is InChI=1S/C23H27FN2O3/c1-16-13-26(17(2)12-25(16)14-19-4-8-21(24)9-5-19)23(28)15-29-22-10-6-20(7-11-22)18(3)27/h4-11,16-17H,12-15H2,1-3H3. The van der Waals surface area contributed by atoms with Crippen LogP contribution in [0.3, 0.4) is 0 Å². The first-order chi connectivity index (χ1) is 13.8. The number of Topliss-reactive ketones (excluding diaryl/α,β-unsaturated/α-hetero) is 1. The van der Waals surface area contributed by atoms with Crippen LogP contribution in [0, 0.1) is 5.82 Å². The number of hydrogen-bond acceptors (Lipinski definition) is 4. The fraction of sp³-hybridized carbons (Fsp3) is 0.391. The summed E-state index contributed by atoms with van der Waals surface area (Å²) in [6.45, 7) is 7.70. The van der Waals surface area contributed by atoms with Crippen LogP contribution >= 0.6 is 0 Å². The molecule has 2 aromatic rings. The molecule has 0 radical (unpaired) electrons. The van der Waals surface area contributed by atoms with Crippen molar-refractivity contribution >= 4 is 11.7 Å². The summed E-state index contributed by atoms with van der Waals surface area (Å²) in [7, 11) is 0. The fourth-order valence-electron chi connectivity index (χ4n) is 3.60. The maximum Gasteiger partial charge on any atom is 0.260 e. The first kappa shape index (κ1) is 21.0. The van der Waals surface area contributed by atoms with E-state index in [1.807, 2.05) is 11.8 Å². The Morgan fingerprint density at radius 2 is 1.66 bits per heavy atom. The highest BCUT2D eigenvalue weighted by Crippen LogP contribution is 2.19. The molecule has 0 aromatic heterocycles. The maximum absolute atomic E-state index is 13.1. The van der Waals surface area contributed by atoms with E-state index in [9.17, 15) is 14.0 Å². The molecule has 1 fully saturated rings. The van der Waals surface area contributed by atoms with E-state index in [1.54, 1.807) is 36.4 Å². The molecule has 2 aromatic carbocycles. The van der Waals surface area contributed by atoms with Crippen molar-refractivity contribution in [1.29, 1.82) is 0 Å². The maximum atomic E-state index is 13.1. The van der Waals surface area contributed by atoms with Gasteiger partial charge in [-0.05, 0) is 62.7 Å². The molecule has 1 aliphatic heterocycles. The zero-order chi connectivity index (χ0) is 21.0. The third kappa shape index (κ3) is 5.41. The number of benzene rings is 2. The molecule has 0 bridgehead atoms. The third-order valence-corrected chi connectivity index (χ3v) is 5.36. The van der Waals surface area contributed by atoms with Crippen LogP contribution in [0.4, 0.5) is 4.39 Å². The number of nitrogens with zero attached hydrogens (tertiary/aromatic N) is 2. The van der Waals surface area contributed by atoms with Gasteiger partial charge in [0.25, 0.3) is 5.91 Å². The van der Waals surface area contributed by atoms with Crippen LogP contribution in [0.1, 0.15) is 36.7 Å². The largest absolute Gasteiger partial charge is 0.484 e. The van der Waals surface area contributed by atoms with Gasteiger partial charge in [-0.3, -0.25) is 14.5 Å². The molecule has 2 atom stereocenters. The van der Waals surface area contributed by atoms with Crippen molar-refractivity contribution in [3.8, 4) is 5.75 Å². The average molecular weight is 398 g/mol. The number of ketones is 1. The highest BCUT2D eigenvalue weighted by Gasteiger charge is 2.32. The number of hydrogen-bond donors (Lipinski definition) is 0. The highest BCUT2D eigenvalue weighted by atomic mass is 19.1. The molecule has 0 N–H and O–H groups in total. The lowest BCUT2D eigenvalue weighted by atomic mass is 10.1. The Bertz CT molecular complexity index is 851. The molecule has 1 heterocycles. The summed E-state index contributed by atoms with van der Waals surface area (Å²) in [6.07, 6.45) is 0. The number of rotatable bonds is 6. The highest BCUT2D eigenvalue weighted by molar-refractivity contribution is 5.94. The van der Waals surface area contributed by atoms with Gasteiger partial charge >= 0.3 is 0 Å². The number of carbonyl (C=O) groups is 2. The Hall–Kier alpha value is -2.73. The molecule has 0 spiro atoms. The number of halogens is 1. The number of amides is 1. The predicted molar refractivity (Wildman–Crippen MR) is 109 cm³/mol. The normalized spacial score (nSPS) is 19.8. The molecule has 154 valence electrons. The van der Waals surface area contributed by atoms with E-state index in [0.29, 0.717) is 17.9 Å². The number of ether oxygens (including phenoxy) is 1. The van der Waals surface area contributed by atoms with Gasteiger partial charge in [-0.2, -0.15) is 0 Å². The van der Waals surface area contributed by atoms with E-state index >= 15 is 0 Å². The van der Waals surface area contributed by atoms with Crippen LogP contribution in [0.2, 0.25) is 0 Å². The predicted octanol–water partition coefficient (Wildman–Crippen LogP) is 3.53. The minimum atomic E-state index is -0.235. The van der Waals surface area contributed by atoms with Crippen molar-refractivity contribution < 1.29 is 18.7 Å². The molecule has 6 heteroatoms. The minimum Gasteiger partial charge on any atom is -0.484 e.